The molecule has 0 bridgehead atoms. The van der Waals surface area contributed by atoms with Crippen LogP contribution >= 0.6 is 11.3 Å². The van der Waals surface area contributed by atoms with Gasteiger partial charge in [0.25, 0.3) is 0 Å². The lowest BCUT2D eigenvalue weighted by atomic mass is 9.97. The normalized spacial score (nSPS) is 11.6. The Morgan fingerprint density at radius 2 is 0.860 bits per heavy atom. The molecule has 10 aromatic rings. The van der Waals surface area contributed by atoms with Crippen LogP contribution < -0.4 is 0 Å². The quantitative estimate of drug-likeness (QED) is 0.185. The number of thiophene rings is 1. The molecular formula is C45H27N3OS. The third-order valence-corrected chi connectivity index (χ3v) is 10.6. The zero-order valence-corrected chi connectivity index (χ0v) is 27.6. The first-order valence-electron chi connectivity index (χ1n) is 16.6. The molecule has 50 heavy (non-hydrogen) atoms. The Labute approximate surface area is 292 Å². The summed E-state index contributed by atoms with van der Waals surface area (Å²) in [6, 6.07) is 55.5. The Balaban J connectivity index is 0.968. The minimum absolute atomic E-state index is 0.641. The van der Waals surface area contributed by atoms with E-state index in [1.165, 1.54) is 25.7 Å². The van der Waals surface area contributed by atoms with Crippen LogP contribution in [0.4, 0.5) is 0 Å². The van der Waals surface area contributed by atoms with Crippen molar-refractivity contribution < 1.29 is 4.42 Å². The molecule has 0 spiro atoms. The maximum Gasteiger partial charge on any atom is 0.163 e. The Morgan fingerprint density at radius 1 is 0.360 bits per heavy atom. The van der Waals surface area contributed by atoms with Gasteiger partial charge in [-0.1, -0.05) is 103 Å². The number of nitrogens with zero attached hydrogens (tertiary/aromatic N) is 3. The molecule has 0 amide bonds. The molecule has 0 fully saturated rings. The molecule has 10 rings (SSSR count). The highest BCUT2D eigenvalue weighted by atomic mass is 32.1. The van der Waals surface area contributed by atoms with Gasteiger partial charge < -0.3 is 4.42 Å². The summed E-state index contributed by atoms with van der Waals surface area (Å²) in [6.07, 6.45) is 1.61. The van der Waals surface area contributed by atoms with E-state index in [4.69, 9.17) is 9.40 Å². The Morgan fingerprint density at radius 3 is 1.56 bits per heavy atom. The number of hydrogen-bond acceptors (Lipinski definition) is 5. The van der Waals surface area contributed by atoms with Crippen molar-refractivity contribution in [3.63, 3.8) is 0 Å². The topological polar surface area (TPSA) is 51.8 Å². The van der Waals surface area contributed by atoms with Crippen LogP contribution in [0.3, 0.4) is 0 Å². The molecular weight excluding hydrogens is 631 g/mol. The molecule has 5 heteroatoms. The van der Waals surface area contributed by atoms with Crippen LogP contribution in [-0.2, 0) is 0 Å². The van der Waals surface area contributed by atoms with E-state index >= 15 is 0 Å². The minimum atomic E-state index is 0.641. The number of para-hydroxylation sites is 1. The summed E-state index contributed by atoms with van der Waals surface area (Å²) in [7, 11) is 0. The molecule has 7 aromatic carbocycles. The fourth-order valence-electron chi connectivity index (χ4n) is 6.94. The number of fused-ring (bicyclic) bond motifs is 6. The van der Waals surface area contributed by atoms with E-state index in [9.17, 15) is 0 Å². The van der Waals surface area contributed by atoms with Gasteiger partial charge in [0, 0.05) is 42.1 Å². The number of rotatable bonds is 5. The largest absolute Gasteiger partial charge is 0.456 e. The van der Waals surface area contributed by atoms with Gasteiger partial charge in [-0.2, -0.15) is 0 Å². The van der Waals surface area contributed by atoms with Gasteiger partial charge in [-0.3, -0.25) is 0 Å². The number of aromatic nitrogens is 3. The lowest BCUT2D eigenvalue weighted by molar-refractivity contribution is 0.669. The van der Waals surface area contributed by atoms with Crippen LogP contribution in [0.5, 0.6) is 0 Å². The van der Waals surface area contributed by atoms with Crippen LogP contribution in [-0.4, -0.2) is 15.0 Å². The van der Waals surface area contributed by atoms with Crippen molar-refractivity contribution >= 4 is 53.4 Å². The van der Waals surface area contributed by atoms with E-state index in [-0.39, 0.29) is 0 Å². The van der Waals surface area contributed by atoms with Crippen molar-refractivity contribution in [2.24, 2.45) is 0 Å². The van der Waals surface area contributed by atoms with E-state index in [0.717, 1.165) is 60.9 Å². The van der Waals surface area contributed by atoms with E-state index in [0.29, 0.717) is 11.6 Å². The van der Waals surface area contributed by atoms with E-state index in [1.54, 1.807) is 6.33 Å². The number of hydrogen-bond donors (Lipinski definition) is 0. The summed E-state index contributed by atoms with van der Waals surface area (Å²) in [4.78, 5) is 14.1. The predicted molar refractivity (Wildman–Crippen MR) is 207 cm³/mol. The first-order valence-corrected chi connectivity index (χ1v) is 17.4. The van der Waals surface area contributed by atoms with Crippen LogP contribution in [0, 0.1) is 0 Å². The summed E-state index contributed by atoms with van der Waals surface area (Å²) in [6.45, 7) is 0. The number of benzene rings is 7. The molecule has 3 aromatic heterocycles. The molecule has 0 saturated heterocycles. The second-order valence-electron chi connectivity index (χ2n) is 12.5. The maximum absolute atomic E-state index is 6.06. The van der Waals surface area contributed by atoms with Crippen molar-refractivity contribution in [3.8, 4) is 56.2 Å². The maximum atomic E-state index is 6.06. The van der Waals surface area contributed by atoms with Crippen molar-refractivity contribution in [2.45, 2.75) is 0 Å². The zero-order chi connectivity index (χ0) is 33.0. The molecule has 0 aliphatic rings. The highest BCUT2D eigenvalue weighted by Gasteiger charge is 2.12. The van der Waals surface area contributed by atoms with Crippen LogP contribution in [0.25, 0.3) is 98.3 Å². The van der Waals surface area contributed by atoms with Crippen molar-refractivity contribution in [1.82, 2.24) is 15.0 Å². The van der Waals surface area contributed by atoms with Crippen molar-refractivity contribution in [1.29, 1.82) is 0 Å². The van der Waals surface area contributed by atoms with Gasteiger partial charge in [0.15, 0.2) is 11.6 Å². The Hall–Kier alpha value is -6.43. The zero-order valence-electron chi connectivity index (χ0n) is 26.7. The third-order valence-electron chi connectivity index (χ3n) is 9.43. The predicted octanol–water partition coefficient (Wildman–Crippen LogP) is 12.5. The van der Waals surface area contributed by atoms with Gasteiger partial charge in [-0.05, 0) is 88.0 Å². The SMILES string of the molecule is c1cc(-c2cccc(-c3ncnc(-c4cccc(-c5ccc6sc7ccccc7c6c5)c4)n3)c2)cc(-c2ccc3oc4ccccc4c3c2)c1. The third kappa shape index (κ3) is 4.95. The average molecular weight is 658 g/mol. The second kappa shape index (κ2) is 11.6. The lowest BCUT2D eigenvalue weighted by Crippen LogP contribution is -1.95. The summed E-state index contributed by atoms with van der Waals surface area (Å²) < 4.78 is 8.67. The molecule has 3 heterocycles. The highest BCUT2D eigenvalue weighted by molar-refractivity contribution is 7.25. The summed E-state index contributed by atoms with van der Waals surface area (Å²) in [5.41, 5.74) is 10.5. The minimum Gasteiger partial charge on any atom is -0.456 e. The molecule has 0 N–H and O–H groups in total. The lowest BCUT2D eigenvalue weighted by Gasteiger charge is -2.09. The summed E-state index contributed by atoms with van der Waals surface area (Å²) in [5.74, 6) is 1.29. The summed E-state index contributed by atoms with van der Waals surface area (Å²) in [5, 5.41) is 4.84. The van der Waals surface area contributed by atoms with Crippen molar-refractivity contribution in [2.75, 3.05) is 0 Å². The van der Waals surface area contributed by atoms with Crippen LogP contribution in [0.2, 0.25) is 0 Å². The van der Waals surface area contributed by atoms with Gasteiger partial charge in [-0.25, -0.2) is 15.0 Å². The second-order valence-corrected chi connectivity index (χ2v) is 13.6. The molecule has 0 aliphatic carbocycles. The van der Waals surface area contributed by atoms with Crippen LogP contribution in [0.1, 0.15) is 0 Å². The van der Waals surface area contributed by atoms with Crippen molar-refractivity contribution in [3.05, 3.63) is 164 Å². The Kier molecular flexibility index (Phi) is 6.64. The Bertz CT molecular complexity index is 2700. The molecule has 0 aliphatic heterocycles. The molecule has 0 radical (unpaired) electrons. The van der Waals surface area contributed by atoms with Gasteiger partial charge >= 0.3 is 0 Å². The van der Waals surface area contributed by atoms with E-state index < -0.39 is 0 Å². The molecule has 0 unspecified atom stereocenters. The average Bonchev–Trinajstić information content (AvgIpc) is 3.76. The smallest absolute Gasteiger partial charge is 0.163 e. The standard InChI is InChI=1S/C45H27N3OS/c1-3-16-40-36(14-1)38-25-32(18-20-41(38)49-40)29-9-5-8-28(22-29)30-10-6-12-34(23-30)44-46-27-47-45(48-44)35-13-7-11-31(24-35)33-19-21-43-39(26-33)37-15-2-4-17-42(37)50-43/h1-27H. The van der Waals surface area contributed by atoms with Gasteiger partial charge in [0.2, 0.25) is 0 Å². The van der Waals surface area contributed by atoms with Gasteiger partial charge in [0.05, 0.1) is 0 Å². The fraction of sp³-hybridized carbons (Fsp3) is 0. The molecule has 4 nitrogen and oxygen atoms in total. The van der Waals surface area contributed by atoms with Gasteiger partial charge in [-0.15, -0.1) is 11.3 Å². The molecule has 234 valence electrons. The molecule has 0 saturated carbocycles. The molecule has 0 atom stereocenters. The first kappa shape index (κ1) is 28.6. The van der Waals surface area contributed by atoms with Gasteiger partial charge in [0.1, 0.15) is 17.5 Å². The fourth-order valence-corrected chi connectivity index (χ4v) is 8.03. The summed E-state index contributed by atoms with van der Waals surface area (Å²) >= 11 is 1.83. The van der Waals surface area contributed by atoms with Crippen LogP contribution in [0.15, 0.2) is 168 Å². The highest BCUT2D eigenvalue weighted by Crippen LogP contribution is 2.37. The van der Waals surface area contributed by atoms with E-state index in [1.807, 2.05) is 23.5 Å². The number of furan rings is 1. The first-order chi connectivity index (χ1) is 24.7. The monoisotopic (exact) mass is 657 g/mol. The van der Waals surface area contributed by atoms with E-state index in [2.05, 4.69) is 156 Å².